The molecule has 1 N–H and O–H groups in total. The smallest absolute Gasteiger partial charge is 0.339 e. The van der Waals surface area contributed by atoms with Crippen LogP contribution in [0.1, 0.15) is 40.4 Å². The van der Waals surface area contributed by atoms with Crippen LogP contribution in [0.5, 0.6) is 0 Å². The first-order valence-corrected chi connectivity index (χ1v) is 4.01. The Morgan fingerprint density at radius 2 is 2.33 bits per heavy atom. The molecule has 0 aromatic carbocycles. The average molecular weight is 166 g/mol. The van der Waals surface area contributed by atoms with E-state index in [0.717, 1.165) is 18.4 Å². The third-order valence-corrected chi connectivity index (χ3v) is 2.17. The van der Waals surface area contributed by atoms with Gasteiger partial charge in [0.2, 0.25) is 0 Å². The highest BCUT2D eigenvalue weighted by atomic mass is 16.4. The SMILES string of the molecule is Cc1coc(C2CC2)c1C(=O)O. The number of aromatic carboxylic acids is 1. The molecular weight excluding hydrogens is 156 g/mol. The molecule has 1 saturated carbocycles. The van der Waals surface area contributed by atoms with Crippen molar-refractivity contribution in [2.75, 3.05) is 0 Å². The third kappa shape index (κ3) is 1.02. The molecule has 0 bridgehead atoms. The predicted octanol–water partition coefficient (Wildman–Crippen LogP) is 2.16. The highest BCUT2D eigenvalue weighted by molar-refractivity contribution is 5.90. The molecule has 1 aliphatic rings. The van der Waals surface area contributed by atoms with E-state index in [9.17, 15) is 4.79 Å². The molecule has 0 amide bonds. The van der Waals surface area contributed by atoms with Gasteiger partial charge in [-0.05, 0) is 19.8 Å². The number of aryl methyl sites for hydroxylation is 1. The molecule has 3 nitrogen and oxygen atoms in total. The second-order valence-corrected chi connectivity index (χ2v) is 3.24. The quantitative estimate of drug-likeness (QED) is 0.732. The van der Waals surface area contributed by atoms with Crippen molar-refractivity contribution >= 4 is 5.97 Å². The lowest BCUT2D eigenvalue weighted by Gasteiger charge is -1.94. The summed E-state index contributed by atoms with van der Waals surface area (Å²) in [6.45, 7) is 1.76. The summed E-state index contributed by atoms with van der Waals surface area (Å²) in [6, 6.07) is 0. The van der Waals surface area contributed by atoms with Gasteiger partial charge in [0.1, 0.15) is 11.3 Å². The van der Waals surface area contributed by atoms with E-state index >= 15 is 0 Å². The van der Waals surface area contributed by atoms with Crippen molar-refractivity contribution in [2.24, 2.45) is 0 Å². The van der Waals surface area contributed by atoms with Crippen LogP contribution in [0.3, 0.4) is 0 Å². The summed E-state index contributed by atoms with van der Waals surface area (Å²) in [7, 11) is 0. The second-order valence-electron chi connectivity index (χ2n) is 3.24. The van der Waals surface area contributed by atoms with E-state index in [1.54, 1.807) is 6.92 Å². The Hall–Kier alpha value is -1.25. The molecule has 1 aromatic rings. The fourth-order valence-corrected chi connectivity index (χ4v) is 1.38. The van der Waals surface area contributed by atoms with Crippen LogP contribution in [0, 0.1) is 6.92 Å². The molecule has 1 heterocycles. The molecule has 1 aromatic heterocycles. The molecular formula is C9H10O3. The number of hydrogen-bond donors (Lipinski definition) is 1. The Kier molecular flexibility index (Phi) is 1.46. The maximum absolute atomic E-state index is 10.8. The van der Waals surface area contributed by atoms with Gasteiger partial charge in [0.15, 0.2) is 0 Å². The standard InChI is InChI=1S/C9H10O3/c1-5-4-12-8(6-2-3-6)7(5)9(10)11/h4,6H,2-3H2,1H3,(H,10,11). The van der Waals surface area contributed by atoms with Crippen molar-refractivity contribution in [1.29, 1.82) is 0 Å². The van der Waals surface area contributed by atoms with E-state index in [0.29, 0.717) is 17.2 Å². The van der Waals surface area contributed by atoms with Crippen LogP contribution >= 0.6 is 0 Å². The van der Waals surface area contributed by atoms with Gasteiger partial charge < -0.3 is 9.52 Å². The molecule has 12 heavy (non-hydrogen) atoms. The summed E-state index contributed by atoms with van der Waals surface area (Å²) in [6.07, 6.45) is 3.65. The Balaban J connectivity index is 2.46. The Morgan fingerprint density at radius 3 is 2.83 bits per heavy atom. The van der Waals surface area contributed by atoms with Crippen LogP contribution in [0.25, 0.3) is 0 Å². The fourth-order valence-electron chi connectivity index (χ4n) is 1.38. The summed E-state index contributed by atoms with van der Waals surface area (Å²) in [5.74, 6) is 0.160. The Labute approximate surface area is 70.0 Å². The minimum Gasteiger partial charge on any atom is -0.478 e. The lowest BCUT2D eigenvalue weighted by atomic mass is 10.1. The first kappa shape index (κ1) is 7.40. The van der Waals surface area contributed by atoms with Gasteiger partial charge in [-0.25, -0.2) is 4.79 Å². The predicted molar refractivity (Wildman–Crippen MR) is 42.4 cm³/mol. The van der Waals surface area contributed by atoms with Crippen LogP contribution in [0.15, 0.2) is 10.7 Å². The monoisotopic (exact) mass is 166 g/mol. The normalized spacial score (nSPS) is 16.4. The van der Waals surface area contributed by atoms with Crippen LogP contribution in [0.4, 0.5) is 0 Å². The third-order valence-electron chi connectivity index (χ3n) is 2.17. The first-order valence-electron chi connectivity index (χ1n) is 4.01. The zero-order valence-electron chi connectivity index (χ0n) is 6.83. The molecule has 0 aliphatic heterocycles. The summed E-state index contributed by atoms with van der Waals surface area (Å²) < 4.78 is 5.20. The largest absolute Gasteiger partial charge is 0.478 e. The zero-order chi connectivity index (χ0) is 8.72. The number of rotatable bonds is 2. The summed E-state index contributed by atoms with van der Waals surface area (Å²) in [4.78, 5) is 10.8. The molecule has 0 unspecified atom stereocenters. The maximum Gasteiger partial charge on any atom is 0.339 e. The van der Waals surface area contributed by atoms with E-state index in [4.69, 9.17) is 9.52 Å². The number of furan rings is 1. The van der Waals surface area contributed by atoms with Crippen molar-refractivity contribution in [3.8, 4) is 0 Å². The van der Waals surface area contributed by atoms with Crippen molar-refractivity contribution < 1.29 is 14.3 Å². The molecule has 3 heteroatoms. The summed E-state index contributed by atoms with van der Waals surface area (Å²) in [5, 5.41) is 8.85. The molecule has 1 fully saturated rings. The van der Waals surface area contributed by atoms with Gasteiger partial charge in [0, 0.05) is 11.5 Å². The number of carboxylic acids is 1. The van der Waals surface area contributed by atoms with Gasteiger partial charge in [-0.2, -0.15) is 0 Å². The van der Waals surface area contributed by atoms with Crippen LogP contribution < -0.4 is 0 Å². The van der Waals surface area contributed by atoms with Crippen molar-refractivity contribution in [3.05, 3.63) is 23.2 Å². The van der Waals surface area contributed by atoms with Gasteiger partial charge in [-0.3, -0.25) is 0 Å². The van der Waals surface area contributed by atoms with Crippen molar-refractivity contribution in [3.63, 3.8) is 0 Å². The first-order chi connectivity index (χ1) is 5.70. The van der Waals surface area contributed by atoms with Gasteiger partial charge in [-0.1, -0.05) is 0 Å². The number of carboxylic acid groups (broad SMARTS) is 1. The lowest BCUT2D eigenvalue weighted by molar-refractivity contribution is 0.0693. The van der Waals surface area contributed by atoms with Crippen LogP contribution in [0.2, 0.25) is 0 Å². The van der Waals surface area contributed by atoms with E-state index < -0.39 is 5.97 Å². The van der Waals surface area contributed by atoms with Crippen LogP contribution in [-0.4, -0.2) is 11.1 Å². The van der Waals surface area contributed by atoms with Crippen molar-refractivity contribution in [1.82, 2.24) is 0 Å². The van der Waals surface area contributed by atoms with Crippen molar-refractivity contribution in [2.45, 2.75) is 25.7 Å². The molecule has 0 radical (unpaired) electrons. The van der Waals surface area contributed by atoms with E-state index in [2.05, 4.69) is 0 Å². The van der Waals surface area contributed by atoms with Crippen LogP contribution in [-0.2, 0) is 0 Å². The number of hydrogen-bond acceptors (Lipinski definition) is 2. The Bertz CT molecular complexity index is 321. The molecule has 0 spiro atoms. The summed E-state index contributed by atoms with van der Waals surface area (Å²) >= 11 is 0. The van der Waals surface area contributed by atoms with Gasteiger partial charge in [0.05, 0.1) is 6.26 Å². The topological polar surface area (TPSA) is 50.4 Å². The molecule has 0 atom stereocenters. The minimum absolute atomic E-state index is 0.366. The van der Waals surface area contributed by atoms with Gasteiger partial charge >= 0.3 is 5.97 Å². The highest BCUT2D eigenvalue weighted by Gasteiger charge is 2.32. The van der Waals surface area contributed by atoms with Gasteiger partial charge in [-0.15, -0.1) is 0 Å². The van der Waals surface area contributed by atoms with E-state index in [1.807, 2.05) is 0 Å². The molecule has 2 rings (SSSR count). The van der Waals surface area contributed by atoms with E-state index in [-0.39, 0.29) is 0 Å². The maximum atomic E-state index is 10.8. The highest BCUT2D eigenvalue weighted by Crippen LogP contribution is 2.42. The second kappa shape index (κ2) is 2.37. The van der Waals surface area contributed by atoms with Gasteiger partial charge in [0.25, 0.3) is 0 Å². The Morgan fingerprint density at radius 1 is 1.67 bits per heavy atom. The molecule has 64 valence electrons. The minimum atomic E-state index is -0.872. The fraction of sp³-hybridized carbons (Fsp3) is 0.444. The zero-order valence-corrected chi connectivity index (χ0v) is 6.83. The molecule has 1 aliphatic carbocycles. The number of carbonyl (C=O) groups is 1. The summed E-state index contributed by atoms with van der Waals surface area (Å²) in [5.41, 5.74) is 1.10. The average Bonchev–Trinajstić information content (AvgIpc) is 2.75. The van der Waals surface area contributed by atoms with E-state index in [1.165, 1.54) is 6.26 Å². The lowest BCUT2D eigenvalue weighted by Crippen LogP contribution is -1.99. The molecule has 0 saturated heterocycles.